The standard InChI is InChI=1S/C12H17N3O2/c1-14-8-9(11(16)15(2)12(14)17)7-13-10-5-3-4-6-10/h3-4,8,10,13H,5-7H2,1-2H3. The van der Waals surface area contributed by atoms with Crippen LogP contribution in [-0.2, 0) is 20.6 Å². The Morgan fingerprint density at radius 2 is 1.94 bits per heavy atom. The highest BCUT2D eigenvalue weighted by Crippen LogP contribution is 2.09. The first-order valence-electron chi connectivity index (χ1n) is 5.73. The van der Waals surface area contributed by atoms with Gasteiger partial charge in [0.05, 0.1) is 0 Å². The van der Waals surface area contributed by atoms with Crippen LogP contribution in [0.5, 0.6) is 0 Å². The van der Waals surface area contributed by atoms with Crippen molar-refractivity contribution in [3.05, 3.63) is 44.8 Å². The lowest BCUT2D eigenvalue weighted by atomic mass is 10.2. The van der Waals surface area contributed by atoms with E-state index in [1.807, 2.05) is 0 Å². The van der Waals surface area contributed by atoms with Crippen molar-refractivity contribution in [1.29, 1.82) is 0 Å². The molecule has 92 valence electrons. The summed E-state index contributed by atoms with van der Waals surface area (Å²) in [6, 6.07) is 0.414. The SMILES string of the molecule is Cn1cc(CNC2CC=CC2)c(=O)n(C)c1=O. The fraction of sp³-hybridized carbons (Fsp3) is 0.500. The van der Waals surface area contributed by atoms with Crippen molar-refractivity contribution in [2.75, 3.05) is 0 Å². The van der Waals surface area contributed by atoms with Crippen LogP contribution >= 0.6 is 0 Å². The first kappa shape index (κ1) is 11.9. The lowest BCUT2D eigenvalue weighted by Gasteiger charge is -2.12. The van der Waals surface area contributed by atoms with E-state index in [0.29, 0.717) is 18.2 Å². The number of aromatic nitrogens is 2. The van der Waals surface area contributed by atoms with Crippen LogP contribution in [0.2, 0.25) is 0 Å². The van der Waals surface area contributed by atoms with Gasteiger partial charge in [0.25, 0.3) is 5.56 Å². The van der Waals surface area contributed by atoms with Gasteiger partial charge in [-0.25, -0.2) is 4.79 Å². The van der Waals surface area contributed by atoms with Gasteiger partial charge in [0, 0.05) is 38.4 Å². The van der Waals surface area contributed by atoms with Gasteiger partial charge in [-0.15, -0.1) is 0 Å². The van der Waals surface area contributed by atoms with E-state index in [4.69, 9.17) is 0 Å². The molecule has 0 atom stereocenters. The molecule has 0 saturated carbocycles. The molecule has 17 heavy (non-hydrogen) atoms. The molecule has 0 saturated heterocycles. The van der Waals surface area contributed by atoms with Crippen LogP contribution in [0.3, 0.4) is 0 Å². The van der Waals surface area contributed by atoms with Gasteiger partial charge in [0.15, 0.2) is 0 Å². The second-order valence-electron chi connectivity index (χ2n) is 4.43. The largest absolute Gasteiger partial charge is 0.330 e. The molecular weight excluding hydrogens is 218 g/mol. The molecule has 1 aliphatic carbocycles. The molecule has 5 heteroatoms. The van der Waals surface area contributed by atoms with E-state index < -0.39 is 0 Å². The van der Waals surface area contributed by atoms with E-state index in [1.54, 1.807) is 13.2 Å². The molecule has 1 heterocycles. The highest BCUT2D eigenvalue weighted by Gasteiger charge is 2.11. The van der Waals surface area contributed by atoms with Gasteiger partial charge in [-0.2, -0.15) is 0 Å². The maximum atomic E-state index is 11.8. The second-order valence-corrected chi connectivity index (χ2v) is 4.43. The van der Waals surface area contributed by atoms with Crippen molar-refractivity contribution in [3.63, 3.8) is 0 Å². The first-order chi connectivity index (χ1) is 8.09. The number of hydrogen-bond donors (Lipinski definition) is 1. The average Bonchev–Trinajstić information content (AvgIpc) is 2.82. The van der Waals surface area contributed by atoms with Gasteiger partial charge >= 0.3 is 5.69 Å². The van der Waals surface area contributed by atoms with Crippen molar-refractivity contribution in [3.8, 4) is 0 Å². The van der Waals surface area contributed by atoms with E-state index in [0.717, 1.165) is 17.4 Å². The lowest BCUT2D eigenvalue weighted by Crippen LogP contribution is -2.40. The van der Waals surface area contributed by atoms with Gasteiger partial charge in [-0.05, 0) is 12.8 Å². The summed E-state index contributed by atoms with van der Waals surface area (Å²) in [6.45, 7) is 0.507. The topological polar surface area (TPSA) is 56.0 Å². The lowest BCUT2D eigenvalue weighted by molar-refractivity contribution is 0.528. The fourth-order valence-corrected chi connectivity index (χ4v) is 2.04. The highest BCUT2D eigenvalue weighted by atomic mass is 16.2. The van der Waals surface area contributed by atoms with Crippen LogP contribution in [0.15, 0.2) is 27.9 Å². The minimum atomic E-state index is -0.290. The zero-order valence-electron chi connectivity index (χ0n) is 10.1. The van der Waals surface area contributed by atoms with E-state index in [1.165, 1.54) is 11.6 Å². The van der Waals surface area contributed by atoms with Gasteiger partial charge in [0.2, 0.25) is 0 Å². The van der Waals surface area contributed by atoms with Crippen molar-refractivity contribution >= 4 is 0 Å². The van der Waals surface area contributed by atoms with E-state index in [2.05, 4.69) is 17.5 Å². The van der Waals surface area contributed by atoms with Crippen LogP contribution in [-0.4, -0.2) is 15.2 Å². The predicted octanol–water partition coefficient (Wildman–Crippen LogP) is -0.108. The highest BCUT2D eigenvalue weighted by molar-refractivity contribution is 5.06. The van der Waals surface area contributed by atoms with Crippen LogP contribution in [0.1, 0.15) is 18.4 Å². The Bertz CT molecular complexity index is 546. The molecular formula is C12H17N3O2. The minimum absolute atomic E-state index is 0.216. The van der Waals surface area contributed by atoms with Crippen LogP contribution < -0.4 is 16.6 Å². The summed E-state index contributed by atoms with van der Waals surface area (Å²) in [7, 11) is 3.16. The third kappa shape index (κ3) is 2.39. The van der Waals surface area contributed by atoms with Crippen molar-refractivity contribution < 1.29 is 0 Å². The second kappa shape index (κ2) is 4.71. The molecule has 1 aromatic rings. The third-order valence-corrected chi connectivity index (χ3v) is 3.11. The molecule has 0 amide bonds. The van der Waals surface area contributed by atoms with Crippen molar-refractivity contribution in [1.82, 2.24) is 14.5 Å². The summed E-state index contributed by atoms with van der Waals surface area (Å²) in [5.41, 5.74) is 0.120. The summed E-state index contributed by atoms with van der Waals surface area (Å²) in [5, 5.41) is 3.32. The molecule has 0 aromatic carbocycles. The number of hydrogen-bond acceptors (Lipinski definition) is 3. The first-order valence-corrected chi connectivity index (χ1v) is 5.73. The molecule has 0 radical (unpaired) electrons. The molecule has 1 N–H and O–H groups in total. The minimum Gasteiger partial charge on any atom is -0.309 e. The summed E-state index contributed by atoms with van der Waals surface area (Å²) in [6.07, 6.45) is 7.89. The summed E-state index contributed by atoms with van der Waals surface area (Å²) >= 11 is 0. The molecule has 1 aromatic heterocycles. The molecule has 0 spiro atoms. The zero-order valence-corrected chi connectivity index (χ0v) is 10.1. The van der Waals surface area contributed by atoms with Crippen molar-refractivity contribution in [2.45, 2.75) is 25.4 Å². The van der Waals surface area contributed by atoms with Gasteiger partial charge in [-0.1, -0.05) is 12.2 Å². The quantitative estimate of drug-likeness (QED) is 0.744. The molecule has 2 rings (SSSR count). The molecule has 5 nitrogen and oxygen atoms in total. The van der Waals surface area contributed by atoms with Gasteiger partial charge in [-0.3, -0.25) is 9.36 Å². The molecule has 0 bridgehead atoms. The Morgan fingerprint density at radius 1 is 1.29 bits per heavy atom. The molecule has 1 aliphatic rings. The Balaban J connectivity index is 2.16. The predicted molar refractivity (Wildman–Crippen MR) is 65.9 cm³/mol. The Kier molecular flexibility index (Phi) is 3.28. The molecule has 0 unspecified atom stereocenters. The van der Waals surface area contributed by atoms with E-state index in [-0.39, 0.29) is 11.2 Å². The van der Waals surface area contributed by atoms with E-state index >= 15 is 0 Å². The number of rotatable bonds is 3. The number of nitrogens with zero attached hydrogens (tertiary/aromatic N) is 2. The summed E-state index contributed by atoms with van der Waals surface area (Å²) < 4.78 is 2.58. The Hall–Kier alpha value is -1.62. The Labute approximate surface area is 99.4 Å². The average molecular weight is 235 g/mol. The van der Waals surface area contributed by atoms with Crippen LogP contribution in [0, 0.1) is 0 Å². The summed E-state index contributed by atoms with van der Waals surface area (Å²) in [4.78, 5) is 23.3. The van der Waals surface area contributed by atoms with Gasteiger partial charge in [0.1, 0.15) is 0 Å². The number of aryl methyl sites for hydroxylation is 1. The maximum absolute atomic E-state index is 11.8. The van der Waals surface area contributed by atoms with Gasteiger partial charge < -0.3 is 9.88 Å². The van der Waals surface area contributed by atoms with E-state index in [9.17, 15) is 9.59 Å². The maximum Gasteiger partial charge on any atom is 0.330 e. The Morgan fingerprint density at radius 3 is 2.59 bits per heavy atom. The van der Waals surface area contributed by atoms with Crippen LogP contribution in [0.4, 0.5) is 0 Å². The van der Waals surface area contributed by atoms with Crippen molar-refractivity contribution in [2.24, 2.45) is 14.1 Å². The normalized spacial score (nSPS) is 15.6. The summed E-state index contributed by atoms with van der Waals surface area (Å²) in [5.74, 6) is 0. The van der Waals surface area contributed by atoms with Crippen LogP contribution in [0.25, 0.3) is 0 Å². The fourth-order valence-electron chi connectivity index (χ4n) is 2.04. The number of nitrogens with one attached hydrogen (secondary N) is 1. The molecule has 0 aliphatic heterocycles. The zero-order chi connectivity index (χ0) is 12.4. The smallest absolute Gasteiger partial charge is 0.309 e. The monoisotopic (exact) mass is 235 g/mol. The molecule has 0 fully saturated rings. The third-order valence-electron chi connectivity index (χ3n) is 3.11.